The molecule has 0 radical (unpaired) electrons. The van der Waals surface area contributed by atoms with E-state index in [1.54, 1.807) is 0 Å². The summed E-state index contributed by atoms with van der Waals surface area (Å²) < 4.78 is 0. The molecule has 0 fully saturated rings. The molecule has 1 aromatic rings. The largest absolute Gasteiger partial charge is 0.312 e. The highest BCUT2D eigenvalue weighted by Gasteiger charge is 2.15. The van der Waals surface area contributed by atoms with Crippen LogP contribution in [0.3, 0.4) is 0 Å². The third-order valence-electron chi connectivity index (χ3n) is 3.66. The number of benzene rings is 1. The topological polar surface area (TPSA) is 12.0 Å². The Morgan fingerprint density at radius 2 is 1.84 bits per heavy atom. The minimum Gasteiger partial charge on any atom is -0.312 e. The Labute approximate surface area is 119 Å². The molecule has 1 rings (SSSR count). The molecule has 0 aliphatic rings. The van der Waals surface area contributed by atoms with Crippen LogP contribution in [0.15, 0.2) is 24.3 Å². The fourth-order valence-corrected chi connectivity index (χ4v) is 2.37. The van der Waals surface area contributed by atoms with Gasteiger partial charge in [0.15, 0.2) is 0 Å². The van der Waals surface area contributed by atoms with Crippen molar-refractivity contribution in [3.05, 3.63) is 35.4 Å². The average Bonchev–Trinajstić information content (AvgIpc) is 2.34. The molecular weight excluding hydrogens is 230 g/mol. The summed E-state index contributed by atoms with van der Waals surface area (Å²) in [4.78, 5) is 0. The summed E-state index contributed by atoms with van der Waals surface area (Å²) in [7, 11) is 0. The Balaban J connectivity index is 2.61. The summed E-state index contributed by atoms with van der Waals surface area (Å²) in [5.74, 6) is 0.750. The number of aryl methyl sites for hydroxylation is 1. The SMILES string of the molecule is CCCCC(CNC(C)(C)C)Cc1ccccc1C. The Hall–Kier alpha value is -0.820. The molecule has 0 spiro atoms. The van der Waals surface area contributed by atoms with Gasteiger partial charge in [-0.15, -0.1) is 0 Å². The zero-order valence-electron chi connectivity index (χ0n) is 13.4. The maximum absolute atomic E-state index is 3.67. The third kappa shape index (κ3) is 6.77. The average molecular weight is 261 g/mol. The van der Waals surface area contributed by atoms with E-state index in [-0.39, 0.29) is 5.54 Å². The van der Waals surface area contributed by atoms with E-state index in [1.807, 2.05) is 0 Å². The second-order valence-electron chi connectivity index (χ2n) is 6.77. The van der Waals surface area contributed by atoms with Crippen molar-refractivity contribution in [3.63, 3.8) is 0 Å². The summed E-state index contributed by atoms with van der Waals surface area (Å²) in [6, 6.07) is 8.80. The van der Waals surface area contributed by atoms with Crippen LogP contribution in [0.2, 0.25) is 0 Å². The van der Waals surface area contributed by atoms with E-state index in [0.29, 0.717) is 0 Å². The van der Waals surface area contributed by atoms with E-state index < -0.39 is 0 Å². The van der Waals surface area contributed by atoms with Crippen molar-refractivity contribution >= 4 is 0 Å². The maximum Gasteiger partial charge on any atom is 0.00966 e. The molecule has 0 heterocycles. The number of nitrogens with one attached hydrogen (secondary N) is 1. The summed E-state index contributed by atoms with van der Waals surface area (Å²) >= 11 is 0. The molecule has 1 N–H and O–H groups in total. The molecule has 19 heavy (non-hydrogen) atoms. The predicted molar refractivity (Wildman–Crippen MR) is 85.7 cm³/mol. The third-order valence-corrected chi connectivity index (χ3v) is 3.66. The number of unbranched alkanes of at least 4 members (excludes halogenated alkanes) is 1. The van der Waals surface area contributed by atoms with Crippen LogP contribution in [0, 0.1) is 12.8 Å². The lowest BCUT2D eigenvalue weighted by Crippen LogP contribution is -2.39. The Bertz CT molecular complexity index is 362. The van der Waals surface area contributed by atoms with E-state index >= 15 is 0 Å². The van der Waals surface area contributed by atoms with Crippen LogP contribution in [0.25, 0.3) is 0 Å². The van der Waals surface area contributed by atoms with Crippen molar-refractivity contribution in [1.29, 1.82) is 0 Å². The fourth-order valence-electron chi connectivity index (χ4n) is 2.37. The van der Waals surface area contributed by atoms with Gasteiger partial charge < -0.3 is 5.32 Å². The van der Waals surface area contributed by atoms with Crippen LogP contribution in [0.1, 0.15) is 58.1 Å². The highest BCUT2D eigenvalue weighted by Crippen LogP contribution is 2.18. The van der Waals surface area contributed by atoms with E-state index in [2.05, 4.69) is 64.2 Å². The van der Waals surface area contributed by atoms with Crippen molar-refractivity contribution < 1.29 is 0 Å². The van der Waals surface area contributed by atoms with Gasteiger partial charge in [-0.25, -0.2) is 0 Å². The summed E-state index contributed by atoms with van der Waals surface area (Å²) in [5, 5.41) is 3.67. The second kappa shape index (κ2) is 7.69. The van der Waals surface area contributed by atoms with Crippen LogP contribution in [0.5, 0.6) is 0 Å². The molecule has 1 aromatic carbocycles. The van der Waals surface area contributed by atoms with E-state index in [4.69, 9.17) is 0 Å². The molecular formula is C18H31N. The van der Waals surface area contributed by atoms with Gasteiger partial charge in [0.25, 0.3) is 0 Å². The molecule has 0 bridgehead atoms. The summed E-state index contributed by atoms with van der Waals surface area (Å²) in [6.07, 6.45) is 5.16. The van der Waals surface area contributed by atoms with Crippen molar-refractivity contribution in [2.24, 2.45) is 5.92 Å². The highest BCUT2D eigenvalue weighted by atomic mass is 14.9. The molecule has 1 atom stereocenters. The molecule has 1 nitrogen and oxygen atoms in total. The lowest BCUT2D eigenvalue weighted by Gasteiger charge is -2.26. The first kappa shape index (κ1) is 16.2. The van der Waals surface area contributed by atoms with Crippen LogP contribution in [-0.4, -0.2) is 12.1 Å². The van der Waals surface area contributed by atoms with Gasteiger partial charge in [0.05, 0.1) is 0 Å². The fraction of sp³-hybridized carbons (Fsp3) is 0.667. The van der Waals surface area contributed by atoms with Crippen LogP contribution >= 0.6 is 0 Å². The molecule has 0 aliphatic heterocycles. The van der Waals surface area contributed by atoms with Crippen molar-refractivity contribution in [1.82, 2.24) is 5.32 Å². The van der Waals surface area contributed by atoms with Crippen molar-refractivity contribution in [2.45, 2.75) is 65.8 Å². The molecule has 0 aliphatic carbocycles. The predicted octanol–water partition coefficient (Wildman–Crippen LogP) is 4.73. The van der Waals surface area contributed by atoms with Gasteiger partial charge in [-0.1, -0.05) is 44.0 Å². The monoisotopic (exact) mass is 261 g/mol. The van der Waals surface area contributed by atoms with Crippen molar-refractivity contribution in [3.8, 4) is 0 Å². The number of hydrogen-bond acceptors (Lipinski definition) is 1. The standard InChI is InChI=1S/C18H31N/c1-6-7-11-16(14-19-18(3,4)5)13-17-12-9-8-10-15(17)2/h8-10,12,16,19H,6-7,11,13-14H2,1-5H3. The van der Waals surface area contributed by atoms with Gasteiger partial charge >= 0.3 is 0 Å². The van der Waals surface area contributed by atoms with E-state index in [1.165, 1.54) is 36.8 Å². The summed E-state index contributed by atoms with van der Waals surface area (Å²) in [5.41, 5.74) is 3.16. The Morgan fingerprint density at radius 1 is 1.16 bits per heavy atom. The molecule has 0 aromatic heterocycles. The Morgan fingerprint density at radius 3 is 2.42 bits per heavy atom. The van der Waals surface area contributed by atoms with Crippen molar-refractivity contribution in [2.75, 3.05) is 6.54 Å². The van der Waals surface area contributed by atoms with Gasteiger partial charge in [0.1, 0.15) is 0 Å². The minimum atomic E-state index is 0.218. The van der Waals surface area contributed by atoms with Crippen LogP contribution in [-0.2, 0) is 6.42 Å². The zero-order chi connectivity index (χ0) is 14.3. The van der Waals surface area contributed by atoms with Gasteiger partial charge in [-0.05, 0) is 64.1 Å². The van der Waals surface area contributed by atoms with Gasteiger partial charge in [-0.3, -0.25) is 0 Å². The van der Waals surface area contributed by atoms with E-state index in [0.717, 1.165) is 12.5 Å². The second-order valence-corrected chi connectivity index (χ2v) is 6.77. The molecule has 1 unspecified atom stereocenters. The van der Waals surface area contributed by atoms with Gasteiger partial charge in [0.2, 0.25) is 0 Å². The maximum atomic E-state index is 3.67. The zero-order valence-corrected chi connectivity index (χ0v) is 13.4. The first-order valence-corrected chi connectivity index (χ1v) is 7.72. The summed E-state index contributed by atoms with van der Waals surface area (Å²) in [6.45, 7) is 12.4. The van der Waals surface area contributed by atoms with Gasteiger partial charge in [0, 0.05) is 5.54 Å². The molecule has 108 valence electrons. The minimum absolute atomic E-state index is 0.218. The van der Waals surface area contributed by atoms with Gasteiger partial charge in [-0.2, -0.15) is 0 Å². The van der Waals surface area contributed by atoms with E-state index in [9.17, 15) is 0 Å². The quantitative estimate of drug-likeness (QED) is 0.748. The molecule has 1 heteroatoms. The first-order chi connectivity index (χ1) is 8.92. The highest BCUT2D eigenvalue weighted by molar-refractivity contribution is 5.25. The first-order valence-electron chi connectivity index (χ1n) is 7.72. The number of hydrogen-bond donors (Lipinski definition) is 1. The molecule has 0 saturated heterocycles. The lowest BCUT2D eigenvalue weighted by atomic mass is 9.91. The normalized spacial score (nSPS) is 13.5. The lowest BCUT2D eigenvalue weighted by molar-refractivity contribution is 0.351. The van der Waals surface area contributed by atoms with Crippen LogP contribution in [0.4, 0.5) is 0 Å². The Kier molecular flexibility index (Phi) is 6.57. The van der Waals surface area contributed by atoms with Crippen LogP contribution < -0.4 is 5.32 Å². The smallest absolute Gasteiger partial charge is 0.00966 e. The number of rotatable bonds is 7. The molecule has 0 saturated carbocycles. The molecule has 0 amide bonds.